The van der Waals surface area contributed by atoms with Crippen LogP contribution < -0.4 is 9.80 Å². The lowest BCUT2D eigenvalue weighted by Gasteiger charge is -2.29. The van der Waals surface area contributed by atoms with Crippen LogP contribution in [0.2, 0.25) is 0 Å². The minimum Gasteiger partial charge on any atom is -0.384 e. The molecule has 2 N–H and O–H groups in total. The Kier molecular flexibility index (Phi) is 10.4. The van der Waals surface area contributed by atoms with Crippen LogP contribution in [0.3, 0.4) is 0 Å². The Morgan fingerprint density at radius 2 is 1.15 bits per heavy atom. The zero-order valence-electron chi connectivity index (χ0n) is 16.8. The van der Waals surface area contributed by atoms with Crippen molar-refractivity contribution < 1.29 is 29.2 Å². The van der Waals surface area contributed by atoms with Crippen LogP contribution in [0.15, 0.2) is 0 Å². The molecular weight excluding hydrogens is 358 g/mol. The van der Waals surface area contributed by atoms with Crippen LogP contribution in [0, 0.1) is 0 Å². The van der Waals surface area contributed by atoms with Gasteiger partial charge in [-0.3, -0.25) is 9.80 Å². The van der Waals surface area contributed by atoms with Crippen molar-refractivity contribution in [1.29, 1.82) is 0 Å². The van der Waals surface area contributed by atoms with E-state index in [1.807, 2.05) is 0 Å². The van der Waals surface area contributed by atoms with E-state index < -0.39 is 12.5 Å². The molecule has 0 bridgehead atoms. The number of hydrogen-bond donors (Lipinski definition) is 2. The second-order valence-corrected chi connectivity index (χ2v) is 5.94. The van der Waals surface area contributed by atoms with E-state index in [4.69, 9.17) is 18.9 Å². The van der Waals surface area contributed by atoms with Gasteiger partial charge in [-0.25, -0.2) is 0 Å². The van der Waals surface area contributed by atoms with E-state index in [0.717, 1.165) is 0 Å². The number of methoxy groups -OCH3 is 4. The molecule has 1 rings (SSSR count). The molecule has 2 unspecified atom stereocenters. The van der Waals surface area contributed by atoms with E-state index >= 15 is 0 Å². The molecule has 0 amide bonds. The second-order valence-electron chi connectivity index (χ2n) is 5.94. The maximum atomic E-state index is 10.1. The first-order chi connectivity index (χ1) is 12.9. The van der Waals surface area contributed by atoms with Crippen molar-refractivity contribution in [2.75, 3.05) is 64.9 Å². The van der Waals surface area contributed by atoms with E-state index in [1.54, 1.807) is 28.1 Å². The van der Waals surface area contributed by atoms with Crippen molar-refractivity contribution in [2.24, 2.45) is 0 Å². The third kappa shape index (κ3) is 6.79. The third-order valence-corrected chi connectivity index (χ3v) is 3.68. The average molecular weight is 389 g/mol. The number of aliphatic hydroxyl groups is 2. The summed E-state index contributed by atoms with van der Waals surface area (Å²) >= 11 is 0. The molecule has 0 spiro atoms. The summed E-state index contributed by atoms with van der Waals surface area (Å²) in [5, 5.41) is 20.2. The summed E-state index contributed by atoms with van der Waals surface area (Å²) in [4.78, 5) is 16.2. The van der Waals surface area contributed by atoms with Crippen LogP contribution in [0.25, 0.3) is 0 Å². The van der Waals surface area contributed by atoms with Crippen molar-refractivity contribution in [2.45, 2.75) is 32.2 Å². The van der Waals surface area contributed by atoms with Crippen LogP contribution >= 0.6 is 0 Å². The fraction of sp³-hybridized carbons (Fsp3) is 0.812. The number of hydrogen-bond acceptors (Lipinski definition) is 11. The van der Waals surface area contributed by atoms with Crippen LogP contribution in [-0.2, 0) is 18.9 Å². The minimum atomic E-state index is -0.904. The molecule has 2 atom stereocenters. The number of anilines is 2. The van der Waals surface area contributed by atoms with Crippen LogP contribution in [0.1, 0.15) is 25.6 Å². The summed E-state index contributed by atoms with van der Waals surface area (Å²) < 4.78 is 20.8. The van der Waals surface area contributed by atoms with Crippen molar-refractivity contribution in [3.05, 3.63) is 5.82 Å². The molecule has 11 nitrogen and oxygen atoms in total. The highest BCUT2D eigenvalue weighted by molar-refractivity contribution is 5.40. The zero-order valence-corrected chi connectivity index (χ0v) is 16.8. The van der Waals surface area contributed by atoms with Gasteiger partial charge in [0.2, 0.25) is 11.9 Å². The first-order valence-electron chi connectivity index (χ1n) is 8.50. The summed E-state index contributed by atoms with van der Waals surface area (Å²) in [6, 6.07) is 0. The quantitative estimate of drug-likeness (QED) is 0.434. The van der Waals surface area contributed by atoms with E-state index in [1.165, 1.54) is 24.0 Å². The highest BCUT2D eigenvalue weighted by atomic mass is 16.5. The normalized spacial score (nSPS) is 13.7. The van der Waals surface area contributed by atoms with Gasteiger partial charge in [-0.05, 0) is 13.8 Å². The molecule has 0 aromatic carbocycles. The van der Waals surface area contributed by atoms with Gasteiger partial charge in [-0.15, -0.1) is 0 Å². The monoisotopic (exact) mass is 389 g/mol. The molecule has 0 saturated carbocycles. The fourth-order valence-electron chi connectivity index (χ4n) is 2.35. The number of ether oxygens (including phenoxy) is 4. The predicted molar refractivity (Wildman–Crippen MR) is 98.4 cm³/mol. The third-order valence-electron chi connectivity index (χ3n) is 3.68. The summed E-state index contributed by atoms with van der Waals surface area (Å²) in [5.74, 6) is 0.538. The average Bonchev–Trinajstić information content (AvgIpc) is 2.63. The number of nitrogens with zero attached hydrogens (tertiary/aromatic N) is 5. The first-order valence-corrected chi connectivity index (χ1v) is 8.50. The summed E-state index contributed by atoms with van der Waals surface area (Å²) in [6.07, 6.45) is -1.81. The van der Waals surface area contributed by atoms with Crippen LogP contribution in [0.4, 0.5) is 11.9 Å². The van der Waals surface area contributed by atoms with E-state index in [2.05, 4.69) is 15.0 Å². The van der Waals surface area contributed by atoms with Crippen molar-refractivity contribution in [3.8, 4) is 0 Å². The topological polar surface area (TPSA) is 123 Å². The smallest absolute Gasteiger partial charge is 0.234 e. The van der Waals surface area contributed by atoms with E-state index in [0.29, 0.717) is 19.0 Å². The van der Waals surface area contributed by atoms with Crippen molar-refractivity contribution >= 4 is 11.9 Å². The lowest BCUT2D eigenvalue weighted by atomic mass is 10.1. The van der Waals surface area contributed by atoms with Gasteiger partial charge >= 0.3 is 0 Å². The maximum absolute atomic E-state index is 10.1. The lowest BCUT2D eigenvalue weighted by molar-refractivity contribution is 0.111. The largest absolute Gasteiger partial charge is 0.384 e. The molecular formula is C16H31N5O6. The summed E-state index contributed by atoms with van der Waals surface area (Å²) in [5.41, 5.74) is 0. The van der Waals surface area contributed by atoms with Gasteiger partial charge in [0, 0.05) is 28.4 Å². The molecule has 1 aromatic rings. The fourth-order valence-corrected chi connectivity index (χ4v) is 2.35. The summed E-state index contributed by atoms with van der Waals surface area (Å²) in [7, 11) is 6.16. The molecule has 1 aromatic heterocycles. The zero-order chi connectivity index (χ0) is 20.4. The highest BCUT2D eigenvalue weighted by Crippen LogP contribution is 2.22. The molecule has 1 heterocycles. The van der Waals surface area contributed by atoms with Crippen molar-refractivity contribution in [3.63, 3.8) is 0 Å². The first kappa shape index (κ1) is 23.4. The number of rotatable bonds is 13. The standard InChI is InChI=1S/C16H31N5O6/c1-11(22)20(9-26-5)15-17-14(13(7-24-3)8-25-4)18-16(19-15)21(10-27-6)12(2)23/h11-13,22-23H,7-10H2,1-6H3. The Balaban J connectivity index is 3.48. The summed E-state index contributed by atoms with van der Waals surface area (Å²) in [6.45, 7) is 3.94. The molecule has 0 aliphatic carbocycles. The molecule has 0 aliphatic heterocycles. The molecule has 156 valence electrons. The van der Waals surface area contributed by atoms with Crippen molar-refractivity contribution in [1.82, 2.24) is 15.0 Å². The second kappa shape index (κ2) is 12.0. The molecule has 0 aliphatic rings. The Morgan fingerprint density at radius 3 is 1.44 bits per heavy atom. The molecule has 0 saturated heterocycles. The van der Waals surface area contributed by atoms with Gasteiger partial charge in [0.25, 0.3) is 0 Å². The number of aromatic nitrogens is 3. The Hall–Kier alpha value is -1.63. The predicted octanol–water partition coefficient (Wildman–Crippen LogP) is -0.255. The van der Waals surface area contributed by atoms with E-state index in [-0.39, 0.29) is 31.3 Å². The molecule has 0 fully saturated rings. The molecule has 27 heavy (non-hydrogen) atoms. The van der Waals surface area contributed by atoms with Gasteiger partial charge in [0.15, 0.2) is 0 Å². The Bertz CT molecular complexity index is 506. The number of aliphatic hydroxyl groups excluding tert-OH is 2. The van der Waals surface area contributed by atoms with Crippen LogP contribution in [0.5, 0.6) is 0 Å². The Labute approximate surface area is 159 Å². The van der Waals surface area contributed by atoms with Gasteiger partial charge in [-0.2, -0.15) is 15.0 Å². The van der Waals surface area contributed by atoms with Gasteiger partial charge in [0.05, 0.1) is 19.1 Å². The molecule has 0 radical (unpaired) electrons. The highest BCUT2D eigenvalue weighted by Gasteiger charge is 2.25. The van der Waals surface area contributed by atoms with Crippen LogP contribution in [-0.4, -0.2) is 92.7 Å². The molecule has 11 heteroatoms. The van der Waals surface area contributed by atoms with Gasteiger partial charge < -0.3 is 29.2 Å². The van der Waals surface area contributed by atoms with E-state index in [9.17, 15) is 10.2 Å². The maximum Gasteiger partial charge on any atom is 0.234 e. The van der Waals surface area contributed by atoms with Gasteiger partial charge in [0.1, 0.15) is 31.7 Å². The SMILES string of the molecule is COCC(COC)c1nc(N(COC)C(C)O)nc(N(COC)C(C)O)n1. The Morgan fingerprint density at radius 1 is 0.741 bits per heavy atom. The van der Waals surface area contributed by atoms with Gasteiger partial charge in [-0.1, -0.05) is 0 Å². The lowest BCUT2D eigenvalue weighted by Crippen LogP contribution is -2.39. The minimum absolute atomic E-state index is 0.0682.